The van der Waals surface area contributed by atoms with Crippen LogP contribution in [0.2, 0.25) is 0 Å². The summed E-state index contributed by atoms with van der Waals surface area (Å²) in [5.41, 5.74) is 2.94. The molecule has 1 aliphatic heterocycles. The Bertz CT molecular complexity index is 948. The quantitative estimate of drug-likeness (QED) is 0.828. The van der Waals surface area contributed by atoms with Crippen LogP contribution in [0.4, 0.5) is 10.5 Å². The van der Waals surface area contributed by atoms with Crippen molar-refractivity contribution in [2.24, 2.45) is 0 Å². The van der Waals surface area contributed by atoms with E-state index in [9.17, 15) is 9.59 Å². The third-order valence-electron chi connectivity index (χ3n) is 4.18. The molecule has 0 radical (unpaired) electrons. The molecule has 0 unspecified atom stereocenters. The summed E-state index contributed by atoms with van der Waals surface area (Å²) in [4.78, 5) is 26.5. The minimum Gasteiger partial charge on any atom is -0.444 e. The van der Waals surface area contributed by atoms with Gasteiger partial charge in [-0.2, -0.15) is 0 Å². The van der Waals surface area contributed by atoms with E-state index < -0.39 is 11.7 Å². The third-order valence-corrected chi connectivity index (χ3v) is 4.18. The number of nitrogens with zero attached hydrogens (tertiary/aromatic N) is 1. The van der Waals surface area contributed by atoms with Crippen LogP contribution < -0.4 is 10.2 Å². The predicted octanol–water partition coefficient (Wildman–Crippen LogP) is 3.85. The van der Waals surface area contributed by atoms with Crippen molar-refractivity contribution in [3.8, 4) is 11.8 Å². The Morgan fingerprint density at radius 2 is 1.68 bits per heavy atom. The number of amides is 2. The largest absolute Gasteiger partial charge is 0.444 e. The summed E-state index contributed by atoms with van der Waals surface area (Å²) in [5, 5.41) is 2.64. The highest BCUT2D eigenvalue weighted by molar-refractivity contribution is 5.95. The van der Waals surface area contributed by atoms with Gasteiger partial charge < -0.3 is 15.0 Å². The summed E-state index contributed by atoms with van der Waals surface area (Å²) in [6.45, 7) is 6.04. The van der Waals surface area contributed by atoms with Crippen LogP contribution in [0.5, 0.6) is 0 Å². The Balaban J connectivity index is 1.76. The molecule has 0 spiro atoms. The first-order valence-corrected chi connectivity index (χ1v) is 9.30. The number of fused-ring (bicyclic) bond motifs is 2. The van der Waals surface area contributed by atoms with Gasteiger partial charge in [-0.3, -0.25) is 4.79 Å². The van der Waals surface area contributed by atoms with Crippen molar-refractivity contribution in [1.29, 1.82) is 0 Å². The van der Waals surface area contributed by atoms with Gasteiger partial charge in [-0.25, -0.2) is 4.79 Å². The maximum Gasteiger partial charge on any atom is 0.407 e. The molecule has 0 saturated heterocycles. The zero-order chi connectivity index (χ0) is 20.1. The maximum absolute atomic E-state index is 13.0. The van der Waals surface area contributed by atoms with Crippen molar-refractivity contribution in [3.63, 3.8) is 0 Å². The van der Waals surface area contributed by atoms with E-state index in [2.05, 4.69) is 17.2 Å². The number of rotatable bonds is 3. The van der Waals surface area contributed by atoms with Crippen LogP contribution in [0.25, 0.3) is 0 Å². The van der Waals surface area contributed by atoms with Crippen LogP contribution in [0, 0.1) is 11.8 Å². The minimum absolute atomic E-state index is 0.0815. The Hall–Kier alpha value is -3.26. The average Bonchev–Trinajstić information content (AvgIpc) is 2.62. The van der Waals surface area contributed by atoms with E-state index in [4.69, 9.17) is 4.74 Å². The molecule has 2 amide bonds. The van der Waals surface area contributed by atoms with Crippen molar-refractivity contribution in [2.75, 3.05) is 11.4 Å². The Morgan fingerprint density at radius 1 is 1.04 bits per heavy atom. The van der Waals surface area contributed by atoms with Gasteiger partial charge in [-0.05, 0) is 44.5 Å². The van der Waals surface area contributed by atoms with E-state index in [-0.39, 0.29) is 18.9 Å². The van der Waals surface area contributed by atoms with Gasteiger partial charge in [0.1, 0.15) is 5.60 Å². The van der Waals surface area contributed by atoms with Gasteiger partial charge in [-0.1, -0.05) is 42.2 Å². The van der Waals surface area contributed by atoms with Crippen LogP contribution in [0.15, 0.2) is 48.5 Å². The van der Waals surface area contributed by atoms with Gasteiger partial charge in [-0.15, -0.1) is 0 Å². The number of nitrogens with one attached hydrogen (secondary N) is 1. The van der Waals surface area contributed by atoms with E-state index >= 15 is 0 Å². The van der Waals surface area contributed by atoms with Gasteiger partial charge >= 0.3 is 6.09 Å². The molecule has 2 aromatic carbocycles. The summed E-state index contributed by atoms with van der Waals surface area (Å²) in [6, 6.07) is 15.5. The first kappa shape index (κ1) is 19.5. The molecule has 0 saturated carbocycles. The van der Waals surface area contributed by atoms with Gasteiger partial charge in [0, 0.05) is 24.1 Å². The fourth-order valence-electron chi connectivity index (χ4n) is 2.93. The second kappa shape index (κ2) is 8.18. The Labute approximate surface area is 165 Å². The molecule has 1 aliphatic rings. The number of ether oxygens (including phenoxy) is 1. The SMILES string of the molecule is CC(C)(C)OC(=O)NCCC(=O)N1Cc2ccccc2C#Cc2ccccc21. The first-order valence-electron chi connectivity index (χ1n) is 9.30. The number of alkyl carbamates (subject to hydrolysis) is 1. The summed E-state index contributed by atoms with van der Waals surface area (Å²) in [5.74, 6) is 6.29. The molecule has 1 N–H and O–H groups in total. The lowest BCUT2D eigenvalue weighted by atomic mass is 10.0. The summed E-state index contributed by atoms with van der Waals surface area (Å²) >= 11 is 0. The summed E-state index contributed by atoms with van der Waals surface area (Å²) in [6.07, 6.45) is -0.354. The van der Waals surface area contributed by atoms with Crippen LogP contribution >= 0.6 is 0 Å². The van der Waals surface area contributed by atoms with Gasteiger partial charge in [0.2, 0.25) is 5.91 Å². The monoisotopic (exact) mass is 376 g/mol. The summed E-state index contributed by atoms with van der Waals surface area (Å²) in [7, 11) is 0. The Morgan fingerprint density at radius 3 is 2.43 bits per heavy atom. The lowest BCUT2D eigenvalue weighted by molar-refractivity contribution is -0.118. The molecular formula is C23H24N2O3. The molecule has 0 aromatic heterocycles. The third kappa shape index (κ3) is 4.92. The van der Waals surface area contributed by atoms with Crippen LogP contribution in [0.3, 0.4) is 0 Å². The van der Waals surface area contributed by atoms with E-state index in [0.29, 0.717) is 6.54 Å². The van der Waals surface area contributed by atoms with Gasteiger partial charge in [0.05, 0.1) is 12.2 Å². The molecular weight excluding hydrogens is 352 g/mol. The number of carbonyl (C=O) groups is 2. The highest BCUT2D eigenvalue weighted by Gasteiger charge is 2.21. The molecule has 0 aliphatic carbocycles. The normalized spacial score (nSPS) is 12.5. The lowest BCUT2D eigenvalue weighted by Gasteiger charge is -2.26. The number of anilines is 1. The van der Waals surface area contributed by atoms with Gasteiger partial charge in [0.25, 0.3) is 0 Å². The molecule has 5 nitrogen and oxygen atoms in total. The van der Waals surface area contributed by atoms with Crippen molar-refractivity contribution < 1.29 is 14.3 Å². The van der Waals surface area contributed by atoms with Crippen LogP contribution in [-0.4, -0.2) is 24.1 Å². The standard InChI is InChI=1S/C23H24N2O3/c1-23(2,3)28-22(27)24-15-14-21(26)25-16-19-10-5-4-8-17(19)12-13-18-9-6-7-11-20(18)25/h4-11H,14-16H2,1-3H3,(H,24,27). The van der Waals surface area contributed by atoms with Crippen molar-refractivity contribution in [2.45, 2.75) is 39.3 Å². The van der Waals surface area contributed by atoms with Crippen molar-refractivity contribution in [1.82, 2.24) is 5.32 Å². The number of carbonyl (C=O) groups excluding carboxylic acids is 2. The fourth-order valence-corrected chi connectivity index (χ4v) is 2.93. The number of hydrogen-bond acceptors (Lipinski definition) is 3. The molecule has 0 bridgehead atoms. The van der Waals surface area contributed by atoms with E-state index in [1.165, 1.54) is 0 Å². The molecule has 0 atom stereocenters. The molecule has 5 heteroatoms. The molecule has 144 valence electrons. The highest BCUT2D eigenvalue weighted by atomic mass is 16.6. The van der Waals surface area contributed by atoms with Crippen LogP contribution in [0.1, 0.15) is 43.9 Å². The zero-order valence-electron chi connectivity index (χ0n) is 16.4. The average molecular weight is 376 g/mol. The van der Waals surface area contributed by atoms with Crippen molar-refractivity contribution >= 4 is 17.7 Å². The van der Waals surface area contributed by atoms with E-state index in [1.807, 2.05) is 48.5 Å². The number of hydrogen-bond donors (Lipinski definition) is 1. The van der Waals surface area contributed by atoms with Crippen molar-refractivity contribution in [3.05, 3.63) is 65.2 Å². The molecule has 1 heterocycles. The van der Waals surface area contributed by atoms with E-state index in [1.54, 1.807) is 25.7 Å². The maximum atomic E-state index is 13.0. The lowest BCUT2D eigenvalue weighted by Crippen LogP contribution is -2.37. The minimum atomic E-state index is -0.571. The summed E-state index contributed by atoms with van der Waals surface area (Å²) < 4.78 is 5.21. The smallest absolute Gasteiger partial charge is 0.407 e. The topological polar surface area (TPSA) is 58.6 Å². The fraction of sp³-hybridized carbons (Fsp3) is 0.304. The Kier molecular flexibility index (Phi) is 5.70. The van der Waals surface area contributed by atoms with Gasteiger partial charge in [0.15, 0.2) is 0 Å². The molecule has 3 rings (SSSR count). The first-order chi connectivity index (χ1) is 13.3. The molecule has 28 heavy (non-hydrogen) atoms. The predicted molar refractivity (Wildman–Crippen MR) is 109 cm³/mol. The number of para-hydroxylation sites is 1. The second-order valence-corrected chi connectivity index (χ2v) is 7.58. The second-order valence-electron chi connectivity index (χ2n) is 7.58. The van der Waals surface area contributed by atoms with Crippen LogP contribution in [-0.2, 0) is 16.1 Å². The molecule has 0 fully saturated rings. The highest BCUT2D eigenvalue weighted by Crippen LogP contribution is 2.25. The van der Waals surface area contributed by atoms with E-state index in [0.717, 1.165) is 22.4 Å². The number of benzene rings is 2. The zero-order valence-corrected chi connectivity index (χ0v) is 16.4. The molecule has 2 aromatic rings.